The molecule has 0 bridgehead atoms. The molecule has 51 valence electrons. The van der Waals surface area contributed by atoms with E-state index in [1.54, 1.807) is 6.07 Å². The van der Waals surface area contributed by atoms with Gasteiger partial charge < -0.3 is 0 Å². The van der Waals surface area contributed by atoms with Crippen LogP contribution in [0.3, 0.4) is 0 Å². The van der Waals surface area contributed by atoms with E-state index in [0.29, 0.717) is 0 Å². The van der Waals surface area contributed by atoms with E-state index in [-0.39, 0.29) is 6.67 Å². The van der Waals surface area contributed by atoms with Crippen LogP contribution in [-0.2, 0) is 6.67 Å². The Morgan fingerprint density at radius 1 is 1.40 bits per heavy atom. The Balaban J connectivity index is 2.96. The predicted octanol–water partition coefficient (Wildman–Crippen LogP) is 1.53. The summed E-state index contributed by atoms with van der Waals surface area (Å²) in [4.78, 5) is 0. The highest BCUT2D eigenvalue weighted by Crippen LogP contribution is 1.96. The first kappa shape index (κ1) is 7.32. The molecule has 1 aromatic carbocycles. The van der Waals surface area contributed by atoms with Gasteiger partial charge in [-0.15, -0.1) is 0 Å². The summed E-state index contributed by atoms with van der Waals surface area (Å²) in [6.07, 6.45) is 0. The molecule has 0 spiro atoms. The zero-order valence-corrected chi connectivity index (χ0v) is 5.97. The van der Waals surface area contributed by atoms with E-state index in [4.69, 9.17) is 0 Å². The van der Waals surface area contributed by atoms with Gasteiger partial charge in [0, 0.05) is 0 Å². The quantitative estimate of drug-likeness (QED) is 0.539. The fourth-order valence-electron chi connectivity index (χ4n) is 0.938. The molecule has 0 atom stereocenters. The van der Waals surface area contributed by atoms with Crippen LogP contribution >= 0.6 is 0 Å². The van der Waals surface area contributed by atoms with Crippen molar-refractivity contribution >= 4 is 12.7 Å². The first-order valence-electron chi connectivity index (χ1n) is 3.31. The zero-order valence-electron chi connectivity index (χ0n) is 5.97. The molecule has 0 aliphatic rings. The number of hydrogen-bond donors (Lipinski definition) is 0. The van der Waals surface area contributed by atoms with E-state index < -0.39 is 0 Å². The molecule has 0 saturated heterocycles. The van der Waals surface area contributed by atoms with Crippen LogP contribution in [0.25, 0.3) is 0 Å². The molecule has 0 nitrogen and oxygen atoms in total. The van der Waals surface area contributed by atoms with E-state index in [0.717, 1.165) is 11.0 Å². The van der Waals surface area contributed by atoms with Crippen LogP contribution in [-0.4, -0.2) is 7.28 Å². The maximum absolute atomic E-state index is 12.2. The summed E-state index contributed by atoms with van der Waals surface area (Å²) in [5.74, 6) is 0. The first-order chi connectivity index (χ1) is 4.88. The Labute approximate surface area is 61.3 Å². The van der Waals surface area contributed by atoms with Crippen LogP contribution in [0, 0.1) is 0 Å². The van der Waals surface area contributed by atoms with Gasteiger partial charge in [0.05, 0.1) is 0 Å². The minimum absolute atomic E-state index is 0.374. The molecule has 0 amide bonds. The lowest BCUT2D eigenvalue weighted by atomic mass is 9.71. The van der Waals surface area contributed by atoms with E-state index in [2.05, 4.69) is 0 Å². The summed E-state index contributed by atoms with van der Waals surface area (Å²) in [6, 6.07) is 7.47. The Morgan fingerprint density at radius 3 is 2.60 bits per heavy atom. The van der Waals surface area contributed by atoms with Gasteiger partial charge in [0.1, 0.15) is 14.0 Å². The number of alkyl halides is 1. The van der Waals surface area contributed by atoms with Crippen LogP contribution in [0.2, 0.25) is 6.82 Å². The lowest BCUT2D eigenvalue weighted by molar-refractivity contribution is 0.487. The molecule has 0 aliphatic carbocycles. The number of halogens is 1. The van der Waals surface area contributed by atoms with Crippen LogP contribution in [0.4, 0.5) is 4.39 Å². The van der Waals surface area contributed by atoms with Crippen molar-refractivity contribution in [2.24, 2.45) is 0 Å². The van der Waals surface area contributed by atoms with Crippen LogP contribution < -0.4 is 5.46 Å². The molecular formula is C8H9BF. The van der Waals surface area contributed by atoms with E-state index in [1.807, 2.05) is 32.3 Å². The molecule has 0 heterocycles. The van der Waals surface area contributed by atoms with Gasteiger partial charge >= 0.3 is 0 Å². The maximum atomic E-state index is 12.2. The third kappa shape index (κ3) is 1.38. The summed E-state index contributed by atoms with van der Waals surface area (Å²) >= 11 is 0. The first-order valence-corrected chi connectivity index (χ1v) is 3.31. The molecule has 0 aliphatic heterocycles. The van der Waals surface area contributed by atoms with Crippen molar-refractivity contribution < 1.29 is 4.39 Å². The SMILES string of the molecule is C[B]c1ccccc1CF. The van der Waals surface area contributed by atoms with Gasteiger partial charge in [0.15, 0.2) is 0 Å². The minimum Gasteiger partial charge on any atom is -0.246 e. The molecule has 0 aromatic heterocycles. The smallest absolute Gasteiger partial charge is 0.148 e. The normalized spacial score (nSPS) is 9.40. The lowest BCUT2D eigenvalue weighted by Gasteiger charge is -2.00. The predicted molar refractivity (Wildman–Crippen MR) is 42.5 cm³/mol. The summed E-state index contributed by atoms with van der Waals surface area (Å²) < 4.78 is 12.2. The Bertz CT molecular complexity index is 187. The molecule has 1 radical (unpaired) electrons. The maximum Gasteiger partial charge on any atom is 0.148 e. The summed E-state index contributed by atoms with van der Waals surface area (Å²) in [6.45, 7) is 1.54. The van der Waals surface area contributed by atoms with E-state index >= 15 is 0 Å². The second-order valence-corrected chi connectivity index (χ2v) is 2.12. The number of rotatable bonds is 2. The van der Waals surface area contributed by atoms with Gasteiger partial charge in [-0.1, -0.05) is 36.6 Å². The molecule has 1 aromatic rings. The van der Waals surface area contributed by atoms with Crippen LogP contribution in [0.15, 0.2) is 24.3 Å². The summed E-state index contributed by atoms with van der Waals surface area (Å²) in [5.41, 5.74) is 1.76. The lowest BCUT2D eigenvalue weighted by Crippen LogP contribution is -2.14. The molecule has 0 N–H and O–H groups in total. The minimum atomic E-state index is -0.374. The number of hydrogen-bond acceptors (Lipinski definition) is 0. The van der Waals surface area contributed by atoms with Crippen molar-refractivity contribution in [3.63, 3.8) is 0 Å². The molecule has 1 rings (SSSR count). The van der Waals surface area contributed by atoms with Crippen LogP contribution in [0.5, 0.6) is 0 Å². The average molecular weight is 135 g/mol. The van der Waals surface area contributed by atoms with E-state index in [1.165, 1.54) is 0 Å². The standard InChI is InChI=1S/C8H9BF/c1-9-8-5-3-2-4-7(8)6-10/h2-5H,6H2,1H3. The fourth-order valence-corrected chi connectivity index (χ4v) is 0.938. The molecule has 0 fully saturated rings. The Morgan fingerprint density at radius 2 is 2.10 bits per heavy atom. The number of benzene rings is 1. The third-order valence-electron chi connectivity index (χ3n) is 1.51. The van der Waals surface area contributed by atoms with Gasteiger partial charge in [-0.2, -0.15) is 0 Å². The van der Waals surface area contributed by atoms with Crippen molar-refractivity contribution in [2.75, 3.05) is 0 Å². The van der Waals surface area contributed by atoms with E-state index in [9.17, 15) is 4.39 Å². The molecule has 10 heavy (non-hydrogen) atoms. The molecular weight excluding hydrogens is 126 g/mol. The summed E-state index contributed by atoms with van der Waals surface area (Å²) in [7, 11) is 1.91. The zero-order chi connectivity index (χ0) is 7.40. The largest absolute Gasteiger partial charge is 0.246 e. The van der Waals surface area contributed by atoms with Gasteiger partial charge in [-0.05, 0) is 5.56 Å². The van der Waals surface area contributed by atoms with Crippen molar-refractivity contribution in [1.29, 1.82) is 0 Å². The van der Waals surface area contributed by atoms with Gasteiger partial charge in [-0.3, -0.25) is 0 Å². The topological polar surface area (TPSA) is 0 Å². The summed E-state index contributed by atoms with van der Waals surface area (Å²) in [5, 5.41) is 0. The highest BCUT2D eigenvalue weighted by Gasteiger charge is 1.96. The fraction of sp³-hybridized carbons (Fsp3) is 0.250. The van der Waals surface area contributed by atoms with Crippen molar-refractivity contribution in [2.45, 2.75) is 13.5 Å². The highest BCUT2D eigenvalue weighted by atomic mass is 19.1. The Hall–Kier alpha value is -0.785. The van der Waals surface area contributed by atoms with Crippen LogP contribution in [0.1, 0.15) is 5.56 Å². The second kappa shape index (κ2) is 3.40. The molecule has 0 saturated carbocycles. The monoisotopic (exact) mass is 135 g/mol. The van der Waals surface area contributed by atoms with Gasteiger partial charge in [0.2, 0.25) is 0 Å². The van der Waals surface area contributed by atoms with Crippen molar-refractivity contribution in [3.05, 3.63) is 29.8 Å². The van der Waals surface area contributed by atoms with Crippen molar-refractivity contribution in [3.8, 4) is 0 Å². The third-order valence-corrected chi connectivity index (χ3v) is 1.51. The second-order valence-electron chi connectivity index (χ2n) is 2.12. The molecule has 0 unspecified atom stereocenters. The Kier molecular flexibility index (Phi) is 2.49. The molecule has 2 heteroatoms. The van der Waals surface area contributed by atoms with Gasteiger partial charge in [0.25, 0.3) is 0 Å². The highest BCUT2D eigenvalue weighted by molar-refractivity contribution is 6.52. The average Bonchev–Trinajstić information content (AvgIpc) is 2.04. The van der Waals surface area contributed by atoms with Crippen molar-refractivity contribution in [1.82, 2.24) is 0 Å². The van der Waals surface area contributed by atoms with Gasteiger partial charge in [-0.25, -0.2) is 4.39 Å².